The minimum atomic E-state index is -3.49. The summed E-state index contributed by atoms with van der Waals surface area (Å²) in [5.41, 5.74) is 0.886. The highest BCUT2D eigenvalue weighted by Crippen LogP contribution is 2.38. The van der Waals surface area contributed by atoms with Crippen LogP contribution >= 0.6 is 22.7 Å². The SMILES string of the molecule is CCOC(=O)c1c(-c2cccs2)csc1NC(=O)COC(=O)c1cccc(S(C)(=O)=O)c1. The quantitative estimate of drug-likeness (QED) is 0.474. The van der Waals surface area contributed by atoms with Crippen molar-refractivity contribution in [2.45, 2.75) is 11.8 Å². The maximum absolute atomic E-state index is 12.5. The van der Waals surface area contributed by atoms with E-state index in [2.05, 4.69) is 5.32 Å². The highest BCUT2D eigenvalue weighted by molar-refractivity contribution is 7.90. The number of thiophene rings is 2. The monoisotopic (exact) mass is 493 g/mol. The van der Waals surface area contributed by atoms with Gasteiger partial charge in [-0.15, -0.1) is 22.7 Å². The second kappa shape index (κ2) is 10.1. The van der Waals surface area contributed by atoms with Crippen molar-refractivity contribution in [3.63, 3.8) is 0 Å². The first kappa shape index (κ1) is 23.6. The van der Waals surface area contributed by atoms with Gasteiger partial charge >= 0.3 is 11.9 Å². The lowest BCUT2D eigenvalue weighted by molar-refractivity contribution is -0.119. The van der Waals surface area contributed by atoms with E-state index in [0.29, 0.717) is 5.56 Å². The summed E-state index contributed by atoms with van der Waals surface area (Å²) in [6.45, 7) is 1.25. The van der Waals surface area contributed by atoms with Crippen molar-refractivity contribution >= 4 is 55.4 Å². The lowest BCUT2D eigenvalue weighted by atomic mass is 10.1. The second-order valence-electron chi connectivity index (χ2n) is 6.48. The molecule has 0 aliphatic carbocycles. The Balaban J connectivity index is 1.71. The summed E-state index contributed by atoms with van der Waals surface area (Å²) < 4.78 is 33.4. The number of hydrogen-bond acceptors (Lipinski definition) is 9. The molecule has 1 N–H and O–H groups in total. The second-order valence-corrected chi connectivity index (χ2v) is 10.3. The van der Waals surface area contributed by atoms with Crippen LogP contribution in [0.25, 0.3) is 10.4 Å². The van der Waals surface area contributed by atoms with E-state index in [9.17, 15) is 22.8 Å². The number of hydrogen-bond donors (Lipinski definition) is 1. The van der Waals surface area contributed by atoms with E-state index >= 15 is 0 Å². The van der Waals surface area contributed by atoms with Crippen molar-refractivity contribution in [3.8, 4) is 10.4 Å². The van der Waals surface area contributed by atoms with Gasteiger partial charge < -0.3 is 14.8 Å². The number of rotatable bonds is 8. The van der Waals surface area contributed by atoms with Crippen LogP contribution in [0.1, 0.15) is 27.6 Å². The molecule has 0 unspecified atom stereocenters. The molecule has 8 nitrogen and oxygen atoms in total. The topological polar surface area (TPSA) is 116 Å². The molecule has 32 heavy (non-hydrogen) atoms. The van der Waals surface area contributed by atoms with Gasteiger partial charge in [0.1, 0.15) is 10.6 Å². The minimum Gasteiger partial charge on any atom is -0.462 e. The Hall–Kier alpha value is -3.02. The van der Waals surface area contributed by atoms with Gasteiger partial charge in [-0.3, -0.25) is 4.79 Å². The average Bonchev–Trinajstić information content (AvgIpc) is 3.41. The maximum atomic E-state index is 12.5. The van der Waals surface area contributed by atoms with Gasteiger partial charge in [-0.1, -0.05) is 12.1 Å². The molecule has 3 rings (SSSR count). The molecule has 0 bridgehead atoms. The van der Waals surface area contributed by atoms with Crippen LogP contribution in [0.3, 0.4) is 0 Å². The van der Waals surface area contributed by atoms with Crippen molar-refractivity contribution in [2.24, 2.45) is 0 Å². The number of carbonyl (C=O) groups excluding carboxylic acids is 3. The summed E-state index contributed by atoms with van der Waals surface area (Å²) in [7, 11) is -3.49. The molecule has 2 heterocycles. The van der Waals surface area contributed by atoms with Crippen LogP contribution in [0.15, 0.2) is 52.1 Å². The Morgan fingerprint density at radius 1 is 1.03 bits per heavy atom. The molecular formula is C21H19NO7S3. The van der Waals surface area contributed by atoms with Crippen LogP contribution in [-0.4, -0.2) is 45.7 Å². The fraction of sp³-hybridized carbons (Fsp3) is 0.190. The molecule has 1 amide bonds. The van der Waals surface area contributed by atoms with Crippen LogP contribution in [0.5, 0.6) is 0 Å². The molecule has 168 valence electrons. The first-order valence-corrected chi connectivity index (χ1v) is 13.0. The molecule has 0 saturated carbocycles. The molecule has 11 heteroatoms. The highest BCUT2D eigenvalue weighted by Gasteiger charge is 2.23. The third-order valence-electron chi connectivity index (χ3n) is 4.14. The minimum absolute atomic E-state index is 0.00374. The average molecular weight is 494 g/mol. The third kappa shape index (κ3) is 5.61. The molecule has 0 atom stereocenters. The summed E-state index contributed by atoms with van der Waals surface area (Å²) in [4.78, 5) is 37.9. The van der Waals surface area contributed by atoms with Crippen LogP contribution in [0, 0.1) is 0 Å². The largest absolute Gasteiger partial charge is 0.462 e. The number of nitrogens with one attached hydrogen (secondary N) is 1. The first-order valence-electron chi connectivity index (χ1n) is 9.30. The Kier molecular flexibility index (Phi) is 7.44. The smallest absolute Gasteiger partial charge is 0.341 e. The van der Waals surface area contributed by atoms with Crippen LogP contribution < -0.4 is 5.32 Å². The molecule has 0 radical (unpaired) electrons. The van der Waals surface area contributed by atoms with Crippen LogP contribution in [0.2, 0.25) is 0 Å². The Labute approximate surface area is 192 Å². The molecule has 1 aromatic carbocycles. The number of carbonyl (C=O) groups is 3. The van der Waals surface area contributed by atoms with Gasteiger partial charge in [0.2, 0.25) is 0 Å². The van der Waals surface area contributed by atoms with Gasteiger partial charge in [0.15, 0.2) is 16.4 Å². The van der Waals surface area contributed by atoms with E-state index in [1.807, 2.05) is 17.5 Å². The lowest BCUT2D eigenvalue weighted by Gasteiger charge is -2.09. The van der Waals surface area contributed by atoms with Gasteiger partial charge in [0.25, 0.3) is 5.91 Å². The number of ether oxygens (including phenoxy) is 2. The highest BCUT2D eigenvalue weighted by atomic mass is 32.2. The standard InChI is InChI=1S/C21H19NO7S3/c1-3-28-21(25)18-15(16-8-5-9-30-16)12-31-19(18)22-17(23)11-29-20(24)13-6-4-7-14(10-13)32(2,26)27/h4-10,12H,3,11H2,1-2H3,(H,22,23). The fourth-order valence-corrected chi connectivity index (χ4v) is 5.15. The molecule has 0 aliphatic heterocycles. The zero-order valence-corrected chi connectivity index (χ0v) is 19.6. The predicted octanol–water partition coefficient (Wildman–Crippen LogP) is 3.85. The van der Waals surface area contributed by atoms with Gasteiger partial charge in [0.05, 0.1) is 17.1 Å². The molecule has 3 aromatic rings. The van der Waals surface area contributed by atoms with E-state index in [1.54, 1.807) is 12.3 Å². The molecule has 0 fully saturated rings. The first-order chi connectivity index (χ1) is 15.2. The van der Waals surface area contributed by atoms with E-state index in [1.165, 1.54) is 35.6 Å². The zero-order valence-electron chi connectivity index (χ0n) is 17.1. The molecule has 0 spiro atoms. The van der Waals surface area contributed by atoms with Crippen molar-refractivity contribution in [1.29, 1.82) is 0 Å². The van der Waals surface area contributed by atoms with Gasteiger partial charge in [-0.2, -0.15) is 0 Å². The van der Waals surface area contributed by atoms with Gasteiger partial charge in [0, 0.05) is 22.1 Å². The van der Waals surface area contributed by atoms with Gasteiger partial charge in [-0.05, 0) is 36.6 Å². The Morgan fingerprint density at radius 2 is 1.81 bits per heavy atom. The Morgan fingerprint density at radius 3 is 2.47 bits per heavy atom. The van der Waals surface area contributed by atoms with Crippen molar-refractivity contribution in [2.75, 3.05) is 24.8 Å². The summed E-state index contributed by atoms with van der Waals surface area (Å²) >= 11 is 2.61. The summed E-state index contributed by atoms with van der Waals surface area (Å²) in [6, 6.07) is 9.05. The van der Waals surface area contributed by atoms with Gasteiger partial charge in [-0.25, -0.2) is 18.0 Å². The number of benzene rings is 1. The van der Waals surface area contributed by atoms with E-state index in [0.717, 1.165) is 22.5 Å². The predicted molar refractivity (Wildman–Crippen MR) is 122 cm³/mol. The van der Waals surface area contributed by atoms with E-state index < -0.39 is 34.3 Å². The van der Waals surface area contributed by atoms with Crippen molar-refractivity contribution in [3.05, 3.63) is 58.3 Å². The molecular weight excluding hydrogens is 474 g/mol. The molecule has 2 aromatic heterocycles. The summed E-state index contributed by atoms with van der Waals surface area (Å²) in [5.74, 6) is -2.06. The third-order valence-corrected chi connectivity index (χ3v) is 7.05. The summed E-state index contributed by atoms with van der Waals surface area (Å²) in [6.07, 6.45) is 1.03. The van der Waals surface area contributed by atoms with E-state index in [4.69, 9.17) is 9.47 Å². The number of sulfone groups is 1. The Bertz CT molecular complexity index is 1240. The summed E-state index contributed by atoms with van der Waals surface area (Å²) in [5, 5.41) is 6.49. The number of amides is 1. The van der Waals surface area contributed by atoms with Crippen LogP contribution in [-0.2, 0) is 24.1 Å². The molecule has 0 saturated heterocycles. The zero-order chi connectivity index (χ0) is 23.3. The fourth-order valence-electron chi connectivity index (χ4n) is 2.70. The van der Waals surface area contributed by atoms with Crippen LogP contribution in [0.4, 0.5) is 5.00 Å². The van der Waals surface area contributed by atoms with Crippen molar-refractivity contribution in [1.82, 2.24) is 0 Å². The maximum Gasteiger partial charge on any atom is 0.341 e. The number of anilines is 1. The van der Waals surface area contributed by atoms with Crippen molar-refractivity contribution < 1.29 is 32.3 Å². The molecule has 0 aliphatic rings. The normalized spacial score (nSPS) is 11.1. The van der Waals surface area contributed by atoms with E-state index in [-0.39, 0.29) is 27.6 Å². The lowest BCUT2D eigenvalue weighted by Crippen LogP contribution is -2.22. The number of esters is 2.